The van der Waals surface area contributed by atoms with E-state index in [4.69, 9.17) is 0 Å². The Kier molecular flexibility index (Phi) is 4.97. The van der Waals surface area contributed by atoms with Crippen molar-refractivity contribution in [3.8, 4) is 0 Å². The van der Waals surface area contributed by atoms with Crippen molar-refractivity contribution in [2.45, 2.75) is 17.7 Å². The van der Waals surface area contributed by atoms with Gasteiger partial charge in [-0.1, -0.05) is 78.4 Å². The molecule has 0 aliphatic rings. The molecule has 0 radical (unpaired) electrons. The van der Waals surface area contributed by atoms with Crippen LogP contribution in [0.2, 0.25) is 0 Å². The molecule has 0 spiro atoms. The standard InChI is InChI=1S/C21H20S/c1-17-12-14-19(15-13-17)21(18-8-4-2-5-9-18)16-22-20-10-6-3-7-11-20/h2-15,21H,16H2,1H3/t21-/m0/s1. The molecular formula is C21H20S. The van der Waals surface area contributed by atoms with E-state index in [1.165, 1.54) is 21.6 Å². The fourth-order valence-corrected chi connectivity index (χ4v) is 3.66. The zero-order valence-electron chi connectivity index (χ0n) is 12.8. The van der Waals surface area contributed by atoms with Crippen LogP contribution < -0.4 is 0 Å². The first-order valence-corrected chi connectivity index (χ1v) is 8.61. The highest BCUT2D eigenvalue weighted by atomic mass is 32.2. The molecule has 0 heterocycles. The van der Waals surface area contributed by atoms with Crippen LogP contribution in [0, 0.1) is 6.92 Å². The zero-order chi connectivity index (χ0) is 15.2. The summed E-state index contributed by atoms with van der Waals surface area (Å²) in [5, 5.41) is 0. The topological polar surface area (TPSA) is 0 Å². The number of benzene rings is 3. The minimum absolute atomic E-state index is 0.423. The van der Waals surface area contributed by atoms with Crippen molar-refractivity contribution in [3.05, 3.63) is 102 Å². The van der Waals surface area contributed by atoms with Crippen LogP contribution in [0.25, 0.3) is 0 Å². The lowest BCUT2D eigenvalue weighted by atomic mass is 9.92. The Morgan fingerprint density at radius 2 is 1.23 bits per heavy atom. The van der Waals surface area contributed by atoms with Crippen molar-refractivity contribution in [2.75, 3.05) is 5.75 Å². The average Bonchev–Trinajstić information content (AvgIpc) is 2.58. The molecule has 0 unspecified atom stereocenters. The summed E-state index contributed by atoms with van der Waals surface area (Å²) in [6, 6.07) is 30.4. The highest BCUT2D eigenvalue weighted by Crippen LogP contribution is 2.31. The summed E-state index contributed by atoms with van der Waals surface area (Å²) in [6.07, 6.45) is 0. The summed E-state index contributed by atoms with van der Waals surface area (Å²) < 4.78 is 0. The maximum Gasteiger partial charge on any atom is 0.0183 e. The van der Waals surface area contributed by atoms with Gasteiger partial charge in [0.15, 0.2) is 0 Å². The van der Waals surface area contributed by atoms with Crippen molar-refractivity contribution < 1.29 is 0 Å². The highest BCUT2D eigenvalue weighted by molar-refractivity contribution is 7.99. The van der Waals surface area contributed by atoms with E-state index in [2.05, 4.69) is 91.9 Å². The van der Waals surface area contributed by atoms with Gasteiger partial charge in [0, 0.05) is 16.6 Å². The normalized spacial score (nSPS) is 12.0. The Labute approximate surface area is 137 Å². The second kappa shape index (κ2) is 7.33. The molecule has 0 amide bonds. The molecule has 0 aromatic heterocycles. The van der Waals surface area contributed by atoms with Gasteiger partial charge in [-0.15, -0.1) is 11.8 Å². The highest BCUT2D eigenvalue weighted by Gasteiger charge is 2.14. The second-order valence-corrected chi connectivity index (χ2v) is 6.59. The van der Waals surface area contributed by atoms with E-state index in [0.29, 0.717) is 5.92 Å². The number of aryl methyl sites for hydroxylation is 1. The Bertz CT molecular complexity index is 687. The van der Waals surface area contributed by atoms with Crippen LogP contribution in [-0.4, -0.2) is 5.75 Å². The molecule has 3 rings (SSSR count). The van der Waals surface area contributed by atoms with Crippen molar-refractivity contribution in [1.82, 2.24) is 0 Å². The average molecular weight is 304 g/mol. The van der Waals surface area contributed by atoms with E-state index < -0.39 is 0 Å². The van der Waals surface area contributed by atoms with Gasteiger partial charge in [0.05, 0.1) is 0 Å². The Morgan fingerprint density at radius 1 is 0.682 bits per heavy atom. The van der Waals surface area contributed by atoms with Crippen LogP contribution in [-0.2, 0) is 0 Å². The molecule has 0 saturated heterocycles. The van der Waals surface area contributed by atoms with Crippen molar-refractivity contribution in [2.24, 2.45) is 0 Å². The molecule has 0 saturated carbocycles. The first-order chi connectivity index (χ1) is 10.8. The predicted molar refractivity (Wildman–Crippen MR) is 96.6 cm³/mol. The Balaban J connectivity index is 1.85. The predicted octanol–water partition coefficient (Wildman–Crippen LogP) is 5.92. The summed E-state index contributed by atoms with van der Waals surface area (Å²) in [5.41, 5.74) is 4.08. The van der Waals surface area contributed by atoms with Gasteiger partial charge in [-0.25, -0.2) is 0 Å². The molecule has 1 atom stereocenters. The van der Waals surface area contributed by atoms with Crippen LogP contribution in [0.1, 0.15) is 22.6 Å². The molecule has 22 heavy (non-hydrogen) atoms. The SMILES string of the molecule is Cc1ccc([C@@H](CSc2ccccc2)c2ccccc2)cc1. The van der Waals surface area contributed by atoms with Gasteiger partial charge in [-0.3, -0.25) is 0 Å². The molecular weight excluding hydrogens is 284 g/mol. The lowest BCUT2D eigenvalue weighted by Crippen LogP contribution is -2.04. The fourth-order valence-electron chi connectivity index (χ4n) is 2.57. The number of thioether (sulfide) groups is 1. The lowest BCUT2D eigenvalue weighted by Gasteiger charge is -2.18. The third kappa shape index (κ3) is 3.80. The number of hydrogen-bond acceptors (Lipinski definition) is 1. The smallest absolute Gasteiger partial charge is 0.0183 e. The Morgan fingerprint density at radius 3 is 1.86 bits per heavy atom. The van der Waals surface area contributed by atoms with Crippen LogP contribution in [0.15, 0.2) is 89.8 Å². The molecule has 0 fully saturated rings. The molecule has 0 bridgehead atoms. The minimum atomic E-state index is 0.423. The number of rotatable bonds is 5. The van der Waals surface area contributed by atoms with Crippen molar-refractivity contribution in [3.63, 3.8) is 0 Å². The molecule has 110 valence electrons. The van der Waals surface area contributed by atoms with Gasteiger partial charge in [-0.2, -0.15) is 0 Å². The van der Waals surface area contributed by atoms with Crippen molar-refractivity contribution in [1.29, 1.82) is 0 Å². The summed E-state index contributed by atoms with van der Waals surface area (Å²) in [7, 11) is 0. The third-order valence-corrected chi connectivity index (χ3v) is 4.95. The van der Waals surface area contributed by atoms with Gasteiger partial charge < -0.3 is 0 Å². The van der Waals surface area contributed by atoms with E-state index in [-0.39, 0.29) is 0 Å². The minimum Gasteiger partial charge on any atom is -0.125 e. The van der Waals surface area contributed by atoms with Gasteiger partial charge in [0.25, 0.3) is 0 Å². The summed E-state index contributed by atoms with van der Waals surface area (Å²) >= 11 is 1.92. The summed E-state index contributed by atoms with van der Waals surface area (Å²) in [6.45, 7) is 2.14. The van der Waals surface area contributed by atoms with E-state index in [1.54, 1.807) is 0 Å². The van der Waals surface area contributed by atoms with Crippen LogP contribution >= 0.6 is 11.8 Å². The van der Waals surface area contributed by atoms with Crippen LogP contribution in [0.5, 0.6) is 0 Å². The summed E-state index contributed by atoms with van der Waals surface area (Å²) in [4.78, 5) is 1.33. The maximum absolute atomic E-state index is 2.26. The molecule has 3 aromatic carbocycles. The lowest BCUT2D eigenvalue weighted by molar-refractivity contribution is 0.935. The van der Waals surface area contributed by atoms with Gasteiger partial charge in [0.1, 0.15) is 0 Å². The zero-order valence-corrected chi connectivity index (χ0v) is 13.6. The molecule has 3 aromatic rings. The van der Waals surface area contributed by atoms with Crippen LogP contribution in [0.4, 0.5) is 0 Å². The first-order valence-electron chi connectivity index (χ1n) is 7.62. The largest absolute Gasteiger partial charge is 0.125 e. The molecule has 0 aliphatic carbocycles. The maximum atomic E-state index is 2.26. The second-order valence-electron chi connectivity index (χ2n) is 5.50. The quantitative estimate of drug-likeness (QED) is 0.527. The van der Waals surface area contributed by atoms with Gasteiger partial charge in [0.2, 0.25) is 0 Å². The first kappa shape index (κ1) is 14.9. The van der Waals surface area contributed by atoms with Crippen LogP contribution in [0.3, 0.4) is 0 Å². The van der Waals surface area contributed by atoms with E-state index >= 15 is 0 Å². The third-order valence-electron chi connectivity index (χ3n) is 3.84. The monoisotopic (exact) mass is 304 g/mol. The summed E-state index contributed by atoms with van der Waals surface area (Å²) in [5.74, 6) is 1.48. The van der Waals surface area contributed by atoms with E-state index in [1.807, 2.05) is 11.8 Å². The van der Waals surface area contributed by atoms with E-state index in [9.17, 15) is 0 Å². The number of hydrogen-bond donors (Lipinski definition) is 0. The molecule has 0 N–H and O–H groups in total. The van der Waals surface area contributed by atoms with Crippen molar-refractivity contribution >= 4 is 11.8 Å². The molecule has 0 aliphatic heterocycles. The molecule has 1 heteroatoms. The fraction of sp³-hybridized carbons (Fsp3) is 0.143. The van der Waals surface area contributed by atoms with E-state index in [0.717, 1.165) is 5.75 Å². The Hall–Kier alpha value is -1.99. The van der Waals surface area contributed by atoms with Gasteiger partial charge in [-0.05, 0) is 30.2 Å². The van der Waals surface area contributed by atoms with Gasteiger partial charge >= 0.3 is 0 Å². The molecule has 0 nitrogen and oxygen atoms in total.